The van der Waals surface area contributed by atoms with Crippen LogP contribution in [0.2, 0.25) is 0 Å². The van der Waals surface area contributed by atoms with Crippen LogP contribution in [0, 0.1) is 0 Å². The summed E-state index contributed by atoms with van der Waals surface area (Å²) in [6.45, 7) is 0.227. The van der Waals surface area contributed by atoms with Crippen molar-refractivity contribution in [3.05, 3.63) is 5.69 Å². The standard InChI is InChI=1S/C8H10N4O2S/c1-9-8-5(10-11-15-8)4-12-6(13)2-3-7(12)14/h9H,2-4H2,1H3. The molecule has 80 valence electrons. The zero-order chi connectivity index (χ0) is 10.8. The van der Waals surface area contributed by atoms with Crippen LogP contribution >= 0.6 is 11.5 Å². The van der Waals surface area contributed by atoms with E-state index in [0.717, 1.165) is 5.00 Å². The number of nitrogens with one attached hydrogen (secondary N) is 1. The molecule has 0 aliphatic carbocycles. The Bertz CT molecular complexity index is 387. The number of aromatic nitrogens is 2. The van der Waals surface area contributed by atoms with Crippen LogP contribution in [0.15, 0.2) is 0 Å². The van der Waals surface area contributed by atoms with E-state index in [1.807, 2.05) is 0 Å². The summed E-state index contributed by atoms with van der Waals surface area (Å²) in [5.74, 6) is -0.259. The van der Waals surface area contributed by atoms with Gasteiger partial charge in [0.15, 0.2) is 0 Å². The van der Waals surface area contributed by atoms with Crippen LogP contribution in [0.5, 0.6) is 0 Å². The van der Waals surface area contributed by atoms with Crippen molar-refractivity contribution in [2.75, 3.05) is 12.4 Å². The zero-order valence-corrected chi connectivity index (χ0v) is 9.00. The first-order valence-corrected chi connectivity index (χ1v) is 5.32. The summed E-state index contributed by atoms with van der Waals surface area (Å²) in [6.07, 6.45) is 0.622. The van der Waals surface area contributed by atoms with Crippen molar-refractivity contribution in [2.45, 2.75) is 19.4 Å². The van der Waals surface area contributed by atoms with E-state index in [-0.39, 0.29) is 18.4 Å². The lowest BCUT2D eigenvalue weighted by molar-refractivity contribution is -0.139. The lowest BCUT2D eigenvalue weighted by Gasteiger charge is -2.11. The topological polar surface area (TPSA) is 75.2 Å². The fourth-order valence-corrected chi connectivity index (χ4v) is 1.97. The molecule has 15 heavy (non-hydrogen) atoms. The number of hydrogen-bond acceptors (Lipinski definition) is 6. The van der Waals surface area contributed by atoms with Gasteiger partial charge in [-0.2, -0.15) is 0 Å². The smallest absolute Gasteiger partial charge is 0.230 e. The first-order chi connectivity index (χ1) is 7.22. The minimum Gasteiger partial charge on any atom is -0.377 e. The molecule has 2 rings (SSSR count). The molecular weight excluding hydrogens is 216 g/mol. The minimum atomic E-state index is -0.130. The summed E-state index contributed by atoms with van der Waals surface area (Å²) < 4.78 is 3.76. The molecule has 0 unspecified atom stereocenters. The van der Waals surface area contributed by atoms with Crippen molar-refractivity contribution < 1.29 is 9.59 Å². The highest BCUT2D eigenvalue weighted by Gasteiger charge is 2.30. The maximum absolute atomic E-state index is 11.4. The third-order valence-electron chi connectivity index (χ3n) is 2.25. The predicted octanol–water partition coefficient (Wildman–Crippen LogP) is 0.229. The monoisotopic (exact) mass is 226 g/mol. The second-order valence-electron chi connectivity index (χ2n) is 3.17. The molecule has 1 aliphatic heterocycles. The Balaban J connectivity index is 2.14. The summed E-state index contributed by atoms with van der Waals surface area (Å²) in [5.41, 5.74) is 0.645. The SMILES string of the molecule is CNc1snnc1CN1C(=O)CCC1=O. The third kappa shape index (κ3) is 1.82. The number of nitrogens with zero attached hydrogens (tertiary/aromatic N) is 3. The van der Waals surface area contributed by atoms with E-state index in [9.17, 15) is 9.59 Å². The summed E-state index contributed by atoms with van der Waals surface area (Å²) in [6, 6.07) is 0. The molecule has 1 fully saturated rings. The van der Waals surface area contributed by atoms with E-state index in [0.29, 0.717) is 18.5 Å². The Kier molecular flexibility index (Phi) is 2.63. The Morgan fingerprint density at radius 3 is 2.67 bits per heavy atom. The number of rotatable bonds is 3. The third-order valence-corrected chi connectivity index (χ3v) is 3.03. The van der Waals surface area contributed by atoms with Crippen molar-refractivity contribution in [2.24, 2.45) is 0 Å². The quantitative estimate of drug-likeness (QED) is 0.747. The molecule has 1 aromatic heterocycles. The summed E-state index contributed by atoms with van der Waals surface area (Å²) in [7, 11) is 1.76. The maximum Gasteiger partial charge on any atom is 0.230 e. The molecule has 0 bridgehead atoms. The Labute approximate surface area is 90.4 Å². The van der Waals surface area contributed by atoms with E-state index < -0.39 is 0 Å². The van der Waals surface area contributed by atoms with E-state index >= 15 is 0 Å². The van der Waals surface area contributed by atoms with Gasteiger partial charge in [0, 0.05) is 31.4 Å². The number of carbonyl (C=O) groups is 2. The van der Waals surface area contributed by atoms with Crippen molar-refractivity contribution in [3.8, 4) is 0 Å². The summed E-state index contributed by atoms with van der Waals surface area (Å²) in [5, 5.41) is 7.60. The number of amides is 2. The molecule has 0 spiro atoms. The van der Waals surface area contributed by atoms with Crippen molar-refractivity contribution in [1.29, 1.82) is 0 Å². The van der Waals surface area contributed by atoms with Crippen LogP contribution < -0.4 is 5.32 Å². The van der Waals surface area contributed by atoms with E-state index in [2.05, 4.69) is 14.9 Å². The van der Waals surface area contributed by atoms with E-state index in [1.165, 1.54) is 16.4 Å². The fourth-order valence-electron chi connectivity index (χ4n) is 1.45. The lowest BCUT2D eigenvalue weighted by atomic mass is 10.4. The molecule has 1 aromatic rings. The molecular formula is C8H10N4O2S. The molecule has 1 saturated heterocycles. The Hall–Kier alpha value is -1.50. The van der Waals surface area contributed by atoms with Gasteiger partial charge < -0.3 is 5.32 Å². The fraction of sp³-hybridized carbons (Fsp3) is 0.500. The van der Waals surface area contributed by atoms with Crippen molar-refractivity contribution >= 4 is 28.3 Å². The predicted molar refractivity (Wildman–Crippen MR) is 54.2 cm³/mol. The van der Waals surface area contributed by atoms with Crippen LogP contribution in [0.1, 0.15) is 18.5 Å². The molecule has 0 atom stereocenters. The van der Waals surface area contributed by atoms with Crippen molar-refractivity contribution in [1.82, 2.24) is 14.5 Å². The van der Waals surface area contributed by atoms with Gasteiger partial charge in [0.05, 0.1) is 6.54 Å². The molecule has 0 aromatic carbocycles. The normalized spacial score (nSPS) is 16.2. The highest BCUT2D eigenvalue weighted by molar-refractivity contribution is 7.10. The van der Waals surface area contributed by atoms with Gasteiger partial charge in [-0.1, -0.05) is 4.49 Å². The van der Waals surface area contributed by atoms with Gasteiger partial charge in [0.25, 0.3) is 0 Å². The Morgan fingerprint density at radius 1 is 1.40 bits per heavy atom. The number of anilines is 1. The zero-order valence-electron chi connectivity index (χ0n) is 8.19. The average molecular weight is 226 g/mol. The van der Waals surface area contributed by atoms with Crippen molar-refractivity contribution in [3.63, 3.8) is 0 Å². The minimum absolute atomic E-state index is 0.130. The van der Waals surface area contributed by atoms with Gasteiger partial charge in [-0.25, -0.2) is 0 Å². The molecule has 1 aliphatic rings. The highest BCUT2D eigenvalue weighted by Crippen LogP contribution is 2.21. The van der Waals surface area contributed by atoms with Crippen LogP contribution in [-0.4, -0.2) is 33.3 Å². The van der Waals surface area contributed by atoms with Gasteiger partial charge in [-0.15, -0.1) is 5.10 Å². The first kappa shape index (κ1) is 10.0. The van der Waals surface area contributed by atoms with Crippen LogP contribution in [0.4, 0.5) is 5.00 Å². The van der Waals surface area contributed by atoms with E-state index in [1.54, 1.807) is 7.05 Å². The molecule has 0 radical (unpaired) electrons. The molecule has 2 amide bonds. The summed E-state index contributed by atoms with van der Waals surface area (Å²) in [4.78, 5) is 23.9. The van der Waals surface area contributed by atoms with Gasteiger partial charge >= 0.3 is 0 Å². The first-order valence-electron chi connectivity index (χ1n) is 4.54. The van der Waals surface area contributed by atoms with Gasteiger partial charge in [-0.05, 0) is 0 Å². The van der Waals surface area contributed by atoms with Crippen LogP contribution in [0.3, 0.4) is 0 Å². The largest absolute Gasteiger partial charge is 0.377 e. The molecule has 0 saturated carbocycles. The van der Waals surface area contributed by atoms with Gasteiger partial charge in [-0.3, -0.25) is 14.5 Å². The van der Waals surface area contributed by atoms with Crippen LogP contribution in [-0.2, 0) is 16.1 Å². The Morgan fingerprint density at radius 2 is 2.07 bits per heavy atom. The number of likely N-dealkylation sites (tertiary alicyclic amines) is 1. The van der Waals surface area contributed by atoms with E-state index in [4.69, 9.17) is 0 Å². The molecule has 2 heterocycles. The molecule has 7 heteroatoms. The highest BCUT2D eigenvalue weighted by atomic mass is 32.1. The summed E-state index contributed by atoms with van der Waals surface area (Å²) >= 11 is 1.21. The molecule has 1 N–H and O–H groups in total. The van der Waals surface area contributed by atoms with Gasteiger partial charge in [0.2, 0.25) is 11.8 Å². The number of hydrogen-bond donors (Lipinski definition) is 1. The second-order valence-corrected chi connectivity index (χ2v) is 3.93. The second kappa shape index (κ2) is 3.93. The maximum atomic E-state index is 11.4. The number of carbonyl (C=O) groups excluding carboxylic acids is 2. The molecule has 6 nitrogen and oxygen atoms in total. The lowest BCUT2D eigenvalue weighted by Crippen LogP contribution is -2.28. The van der Waals surface area contributed by atoms with Gasteiger partial charge in [0.1, 0.15) is 10.7 Å². The number of imide groups is 1. The van der Waals surface area contributed by atoms with Crippen LogP contribution in [0.25, 0.3) is 0 Å². The average Bonchev–Trinajstić information content (AvgIpc) is 2.79.